The second-order valence-electron chi connectivity index (χ2n) is 0. The fraction of sp³-hybridized carbons (Fsp3) is 0. The first kappa shape index (κ1) is 19.8. The van der Waals surface area contributed by atoms with Crippen LogP contribution >= 0.6 is 0 Å². The van der Waals surface area contributed by atoms with E-state index in [1.54, 1.807) is 0 Å². The van der Waals surface area contributed by atoms with Gasteiger partial charge in [0, 0.05) is 0 Å². The van der Waals surface area contributed by atoms with Crippen LogP contribution in [0.3, 0.4) is 0 Å². The monoisotopic (exact) mass is 86.0 g/mol. The van der Waals surface area contributed by atoms with Crippen LogP contribution in [0.25, 0.3) is 0 Å². The van der Waals surface area contributed by atoms with E-state index in [0.717, 1.165) is 0 Å². The van der Waals surface area contributed by atoms with Crippen LogP contribution in [0.2, 0.25) is 0 Å². The van der Waals surface area contributed by atoms with E-state index in [-0.39, 0.29) is 42.0 Å². The van der Waals surface area contributed by atoms with Gasteiger partial charge in [0.05, 0.1) is 0 Å². The second kappa shape index (κ2) is 34.9. The summed E-state index contributed by atoms with van der Waals surface area (Å²) < 4.78 is 0. The Labute approximate surface area is 55.0 Å². The zero-order valence-corrected chi connectivity index (χ0v) is 5.55. The molecule has 0 aliphatic rings. The third-order valence-corrected chi connectivity index (χ3v) is 0. The predicted molar refractivity (Wildman–Crippen MR) is 11.3 cm³/mol. The minimum Gasteiger partial charge on any atom is -1.00 e. The molecule has 0 aliphatic heterocycles. The van der Waals surface area contributed by atoms with E-state index < -0.39 is 0 Å². The number of halogens is 1. The van der Waals surface area contributed by atoms with Crippen molar-refractivity contribution in [3.05, 3.63) is 13.2 Å². The molecular weight excluding hydrogens is 82.5 g/mol. The number of rotatable bonds is 0. The van der Waals surface area contributed by atoms with Crippen molar-refractivity contribution in [2.24, 2.45) is 0 Å². The van der Waals surface area contributed by atoms with Gasteiger partial charge in [0.15, 0.2) is 0 Å². The van der Waals surface area contributed by atoms with Crippen molar-refractivity contribution >= 4 is 0 Å². The molecule has 0 spiro atoms. The van der Waals surface area contributed by atoms with Gasteiger partial charge in [-0.3, -0.25) is 0 Å². The average molecular weight is 86.5 g/mol. The first-order chi connectivity index (χ1) is 1.00. The van der Waals surface area contributed by atoms with E-state index in [9.17, 15) is 0 Å². The van der Waals surface area contributed by atoms with E-state index in [1.165, 1.54) is 0 Å². The minimum absolute atomic E-state index is 0. The Morgan fingerprint density at radius 3 is 1.00 bits per heavy atom. The zero-order chi connectivity index (χ0) is 2.00. The Morgan fingerprint density at radius 2 is 1.00 bits per heavy atom. The van der Waals surface area contributed by atoms with Crippen molar-refractivity contribution in [2.45, 2.75) is 0 Å². The van der Waals surface area contributed by atoms with Gasteiger partial charge in [-0.2, -0.15) is 0 Å². The van der Waals surface area contributed by atoms with Crippen LogP contribution in [0, 0.1) is 0 Å². The summed E-state index contributed by atoms with van der Waals surface area (Å²) in [6.45, 7) is 6.00. The van der Waals surface area contributed by atoms with Crippen molar-refractivity contribution in [1.82, 2.24) is 0 Å². The molecule has 0 amide bonds. The van der Waals surface area contributed by atoms with E-state index >= 15 is 0 Å². The van der Waals surface area contributed by atoms with Crippen LogP contribution in [0.15, 0.2) is 13.2 Å². The summed E-state index contributed by atoms with van der Waals surface area (Å²) in [5, 5.41) is 0. The topological polar surface area (TPSA) is 0 Å². The molecular formula is C2H4ClNa. The largest absolute Gasteiger partial charge is 1.00 e. The Morgan fingerprint density at radius 1 is 1.00 bits per heavy atom. The van der Waals surface area contributed by atoms with Crippen LogP contribution in [0.4, 0.5) is 0 Å². The van der Waals surface area contributed by atoms with E-state index in [2.05, 4.69) is 13.2 Å². The molecule has 0 rings (SSSR count). The minimum atomic E-state index is 0. The van der Waals surface area contributed by atoms with Gasteiger partial charge >= 0.3 is 29.6 Å². The molecule has 0 N–H and O–H groups in total. The van der Waals surface area contributed by atoms with Gasteiger partial charge in [0.2, 0.25) is 0 Å². The maximum Gasteiger partial charge on any atom is 1.00 e. The van der Waals surface area contributed by atoms with Gasteiger partial charge in [-0.15, -0.1) is 13.2 Å². The second-order valence-corrected chi connectivity index (χ2v) is 0. The molecule has 0 fully saturated rings. The summed E-state index contributed by atoms with van der Waals surface area (Å²) >= 11 is 0. The molecule has 0 aliphatic carbocycles. The first-order valence-electron chi connectivity index (χ1n) is 0.500. The Balaban J connectivity index is -0.00000000500. The maximum atomic E-state index is 3.00. The van der Waals surface area contributed by atoms with Crippen molar-refractivity contribution in [1.29, 1.82) is 0 Å². The molecule has 0 heterocycles. The summed E-state index contributed by atoms with van der Waals surface area (Å²) in [6, 6.07) is 0. The summed E-state index contributed by atoms with van der Waals surface area (Å²) in [4.78, 5) is 0. The molecule has 0 bridgehead atoms. The van der Waals surface area contributed by atoms with Gasteiger partial charge in [0.1, 0.15) is 0 Å². The Kier molecular flexibility index (Phi) is 173. The molecule has 0 aromatic carbocycles. The van der Waals surface area contributed by atoms with Gasteiger partial charge in [0.25, 0.3) is 0 Å². The van der Waals surface area contributed by atoms with Gasteiger partial charge in [-0.1, -0.05) is 0 Å². The molecule has 0 saturated carbocycles. The molecule has 0 nitrogen and oxygen atoms in total. The van der Waals surface area contributed by atoms with Crippen LogP contribution in [-0.4, -0.2) is 0 Å². The van der Waals surface area contributed by atoms with Crippen molar-refractivity contribution < 1.29 is 42.0 Å². The molecule has 0 radical (unpaired) electrons. The van der Waals surface area contributed by atoms with E-state index in [1.807, 2.05) is 0 Å². The third-order valence-electron chi connectivity index (χ3n) is 0. The predicted octanol–water partition coefficient (Wildman–Crippen LogP) is -5.19. The van der Waals surface area contributed by atoms with Crippen LogP contribution in [0.5, 0.6) is 0 Å². The Hall–Kier alpha value is 1.03. The molecule has 20 valence electrons. The van der Waals surface area contributed by atoms with E-state index in [4.69, 9.17) is 0 Å². The van der Waals surface area contributed by atoms with Crippen LogP contribution in [0.1, 0.15) is 0 Å². The third kappa shape index (κ3) is 11.8. The fourth-order valence-corrected chi connectivity index (χ4v) is 0. The molecule has 0 atom stereocenters. The smallest absolute Gasteiger partial charge is 1.00 e. The van der Waals surface area contributed by atoms with Gasteiger partial charge in [-0.05, 0) is 0 Å². The summed E-state index contributed by atoms with van der Waals surface area (Å²) in [5.41, 5.74) is 0. The molecule has 2 heteroatoms. The van der Waals surface area contributed by atoms with Crippen LogP contribution in [-0.2, 0) is 0 Å². The van der Waals surface area contributed by atoms with E-state index in [0.29, 0.717) is 0 Å². The van der Waals surface area contributed by atoms with Gasteiger partial charge in [-0.25, -0.2) is 0 Å². The zero-order valence-electron chi connectivity index (χ0n) is 2.79. The number of hydrogen-bond donors (Lipinski definition) is 0. The Bertz CT molecular complexity index is 6.00. The van der Waals surface area contributed by atoms with Crippen molar-refractivity contribution in [3.8, 4) is 0 Å². The van der Waals surface area contributed by atoms with Crippen LogP contribution < -0.4 is 42.0 Å². The molecule has 0 saturated heterocycles. The molecule has 4 heavy (non-hydrogen) atoms. The maximum absolute atomic E-state index is 3.00. The normalized spacial score (nSPS) is 1.00. The SMILES string of the molecule is C=C.[Cl-].[Na+]. The standard InChI is InChI=1S/C2H4.ClH.Na/c1-2;;/h1-2H2;1H;/q;;+1/p-1. The molecule has 0 aromatic rings. The van der Waals surface area contributed by atoms with Crippen molar-refractivity contribution in [2.75, 3.05) is 0 Å². The average Bonchev–Trinajstić information content (AvgIpc) is 1.00. The summed E-state index contributed by atoms with van der Waals surface area (Å²) in [5.74, 6) is 0. The number of hydrogen-bond acceptors (Lipinski definition) is 0. The van der Waals surface area contributed by atoms with Crippen molar-refractivity contribution in [3.63, 3.8) is 0 Å². The molecule has 0 aromatic heterocycles. The fourth-order valence-electron chi connectivity index (χ4n) is 0. The first-order valence-corrected chi connectivity index (χ1v) is 0.500. The summed E-state index contributed by atoms with van der Waals surface area (Å²) in [7, 11) is 0. The molecule has 0 unspecified atom stereocenters. The summed E-state index contributed by atoms with van der Waals surface area (Å²) in [6.07, 6.45) is 0. The van der Waals surface area contributed by atoms with Gasteiger partial charge < -0.3 is 12.4 Å². The quantitative estimate of drug-likeness (QED) is 0.204.